The minimum absolute atomic E-state index is 0.231. The van der Waals surface area contributed by atoms with Crippen LogP contribution in [0.1, 0.15) is 17.9 Å². The van der Waals surface area contributed by atoms with Gasteiger partial charge in [0.2, 0.25) is 0 Å². The Bertz CT molecular complexity index is 320. The van der Waals surface area contributed by atoms with E-state index in [9.17, 15) is 13.2 Å². The number of nitrogens with zero attached hydrogens (tertiary/aromatic N) is 2. The van der Waals surface area contributed by atoms with E-state index in [1.165, 1.54) is 18.6 Å². The second-order valence-electron chi connectivity index (χ2n) is 3.16. The van der Waals surface area contributed by atoms with Gasteiger partial charge in [0.25, 0.3) is 0 Å². The first-order valence-corrected chi connectivity index (χ1v) is 5.58. The summed E-state index contributed by atoms with van der Waals surface area (Å²) in [5.41, 5.74) is 0.599. The lowest BCUT2D eigenvalue weighted by Gasteiger charge is -2.16. The van der Waals surface area contributed by atoms with E-state index in [4.69, 9.17) is 5.11 Å². The van der Waals surface area contributed by atoms with Crippen molar-refractivity contribution in [3.8, 4) is 0 Å². The van der Waals surface area contributed by atoms with E-state index in [1.54, 1.807) is 6.92 Å². The number of aliphatic hydroxyl groups is 1. The third-order valence-corrected chi connectivity index (χ3v) is 3.13. The summed E-state index contributed by atoms with van der Waals surface area (Å²) in [6.45, 7) is 1.72. The fourth-order valence-corrected chi connectivity index (χ4v) is 1.89. The van der Waals surface area contributed by atoms with E-state index in [1.807, 2.05) is 0 Å². The van der Waals surface area contributed by atoms with Gasteiger partial charge in [0, 0.05) is 29.6 Å². The molecule has 0 bridgehead atoms. The first-order valence-electron chi connectivity index (χ1n) is 4.53. The van der Waals surface area contributed by atoms with Crippen LogP contribution in [0.25, 0.3) is 0 Å². The predicted molar refractivity (Wildman–Crippen MR) is 55.0 cm³/mol. The van der Waals surface area contributed by atoms with Gasteiger partial charge < -0.3 is 5.11 Å². The van der Waals surface area contributed by atoms with Crippen molar-refractivity contribution in [2.75, 3.05) is 5.75 Å². The van der Waals surface area contributed by atoms with Crippen LogP contribution in [0.3, 0.4) is 0 Å². The van der Waals surface area contributed by atoms with E-state index in [-0.39, 0.29) is 5.25 Å². The molecule has 0 aliphatic rings. The lowest BCUT2D eigenvalue weighted by atomic mass is 10.3. The van der Waals surface area contributed by atoms with Crippen LogP contribution in [0.4, 0.5) is 13.2 Å². The largest absolute Gasteiger partial charge is 0.415 e. The smallest absolute Gasteiger partial charge is 0.383 e. The Kier molecular flexibility index (Phi) is 4.55. The summed E-state index contributed by atoms with van der Waals surface area (Å²) < 4.78 is 36.0. The van der Waals surface area contributed by atoms with Gasteiger partial charge in [0.15, 0.2) is 6.10 Å². The zero-order chi connectivity index (χ0) is 12.2. The van der Waals surface area contributed by atoms with Crippen LogP contribution in [0.5, 0.6) is 0 Å². The normalized spacial score (nSPS) is 15.8. The number of aliphatic hydroxyl groups excluding tert-OH is 1. The lowest BCUT2D eigenvalue weighted by molar-refractivity contribution is -0.195. The summed E-state index contributed by atoms with van der Waals surface area (Å²) in [4.78, 5) is 7.79. The standard InChI is InChI=1S/C9H11F3N2OS/c1-6(7-4-13-2-3-14-7)16-5-8(15)9(10,11)12/h2-4,6,8,15H,5H2,1H3/t6-,8-/m1/s1. The van der Waals surface area contributed by atoms with E-state index in [0.29, 0.717) is 5.69 Å². The number of aromatic nitrogens is 2. The van der Waals surface area contributed by atoms with E-state index in [0.717, 1.165) is 11.8 Å². The topological polar surface area (TPSA) is 46.0 Å². The molecule has 0 saturated heterocycles. The maximum Gasteiger partial charge on any atom is 0.415 e. The summed E-state index contributed by atoms with van der Waals surface area (Å²) in [5, 5.41) is 8.57. The molecule has 3 nitrogen and oxygen atoms in total. The third kappa shape index (κ3) is 3.97. The maximum atomic E-state index is 12.0. The molecule has 1 aromatic rings. The third-order valence-electron chi connectivity index (χ3n) is 1.88. The molecule has 1 aromatic heterocycles. The molecule has 7 heteroatoms. The van der Waals surface area contributed by atoms with Crippen molar-refractivity contribution in [2.24, 2.45) is 0 Å². The molecule has 0 aliphatic heterocycles. The van der Waals surface area contributed by atoms with Gasteiger partial charge in [0.1, 0.15) is 0 Å². The van der Waals surface area contributed by atoms with Crippen molar-refractivity contribution in [1.29, 1.82) is 0 Å². The molecular formula is C9H11F3N2OS. The van der Waals surface area contributed by atoms with E-state index < -0.39 is 18.0 Å². The van der Waals surface area contributed by atoms with Crippen molar-refractivity contribution in [1.82, 2.24) is 9.97 Å². The molecule has 0 aliphatic carbocycles. The van der Waals surface area contributed by atoms with Crippen LogP contribution in [0.2, 0.25) is 0 Å². The van der Waals surface area contributed by atoms with Gasteiger partial charge in [-0.15, -0.1) is 11.8 Å². The van der Waals surface area contributed by atoms with Gasteiger partial charge in [0.05, 0.1) is 5.69 Å². The Morgan fingerprint density at radius 1 is 1.44 bits per heavy atom. The molecule has 1 heterocycles. The maximum absolute atomic E-state index is 12.0. The summed E-state index contributed by atoms with van der Waals surface area (Å²) in [6, 6.07) is 0. The molecule has 0 fully saturated rings. The van der Waals surface area contributed by atoms with E-state index >= 15 is 0 Å². The molecule has 0 saturated carbocycles. The van der Waals surface area contributed by atoms with Crippen molar-refractivity contribution in [3.63, 3.8) is 0 Å². The van der Waals surface area contributed by atoms with Crippen LogP contribution in [-0.2, 0) is 0 Å². The van der Waals surface area contributed by atoms with Crippen LogP contribution >= 0.6 is 11.8 Å². The minimum atomic E-state index is -4.56. The highest BCUT2D eigenvalue weighted by Gasteiger charge is 2.38. The molecule has 16 heavy (non-hydrogen) atoms. The van der Waals surface area contributed by atoms with Gasteiger partial charge >= 0.3 is 6.18 Å². The average Bonchev–Trinajstić information content (AvgIpc) is 2.25. The Labute approximate surface area is 95.1 Å². The van der Waals surface area contributed by atoms with Crippen molar-refractivity contribution in [3.05, 3.63) is 24.3 Å². The Hall–Kier alpha value is -0.820. The molecule has 1 rings (SSSR count). The van der Waals surface area contributed by atoms with Crippen molar-refractivity contribution in [2.45, 2.75) is 24.5 Å². The first-order chi connectivity index (χ1) is 7.41. The highest BCUT2D eigenvalue weighted by atomic mass is 32.2. The number of hydrogen-bond donors (Lipinski definition) is 1. The number of hydrogen-bond acceptors (Lipinski definition) is 4. The molecule has 0 aromatic carbocycles. The van der Waals surface area contributed by atoms with Crippen LogP contribution < -0.4 is 0 Å². The molecule has 90 valence electrons. The Morgan fingerprint density at radius 2 is 2.12 bits per heavy atom. The predicted octanol–water partition coefficient (Wildman–Crippen LogP) is 2.19. The van der Waals surface area contributed by atoms with Gasteiger partial charge in [-0.05, 0) is 6.92 Å². The molecule has 2 atom stereocenters. The SMILES string of the molecule is C[C@@H](SC[C@@H](O)C(F)(F)F)c1cnccn1. The van der Waals surface area contributed by atoms with Crippen LogP contribution in [0, 0.1) is 0 Å². The molecule has 0 spiro atoms. The number of thioether (sulfide) groups is 1. The fraction of sp³-hybridized carbons (Fsp3) is 0.556. The van der Waals surface area contributed by atoms with Gasteiger partial charge in [-0.25, -0.2) is 0 Å². The average molecular weight is 252 g/mol. The first kappa shape index (κ1) is 13.2. The Balaban J connectivity index is 2.45. The summed E-state index contributed by atoms with van der Waals surface area (Å²) >= 11 is 0.992. The highest BCUT2D eigenvalue weighted by Crippen LogP contribution is 2.30. The second kappa shape index (κ2) is 5.49. The van der Waals surface area contributed by atoms with Gasteiger partial charge in [-0.1, -0.05) is 0 Å². The summed E-state index contributed by atoms with van der Waals surface area (Å²) in [7, 11) is 0. The minimum Gasteiger partial charge on any atom is -0.383 e. The molecule has 0 radical (unpaired) electrons. The molecule has 0 unspecified atom stereocenters. The lowest BCUT2D eigenvalue weighted by Crippen LogP contribution is -2.30. The van der Waals surface area contributed by atoms with Crippen LogP contribution in [0.15, 0.2) is 18.6 Å². The van der Waals surface area contributed by atoms with Crippen molar-refractivity contribution < 1.29 is 18.3 Å². The summed E-state index contributed by atoms with van der Waals surface area (Å²) in [6.07, 6.45) is -2.39. The zero-order valence-corrected chi connectivity index (χ0v) is 9.29. The number of halogens is 3. The van der Waals surface area contributed by atoms with Gasteiger partial charge in [-0.3, -0.25) is 9.97 Å². The molecule has 0 amide bonds. The van der Waals surface area contributed by atoms with Crippen molar-refractivity contribution >= 4 is 11.8 Å². The Morgan fingerprint density at radius 3 is 2.62 bits per heavy atom. The zero-order valence-electron chi connectivity index (χ0n) is 8.48. The number of alkyl halides is 3. The van der Waals surface area contributed by atoms with Gasteiger partial charge in [-0.2, -0.15) is 13.2 Å². The second-order valence-corrected chi connectivity index (χ2v) is 4.54. The van der Waals surface area contributed by atoms with E-state index in [2.05, 4.69) is 9.97 Å². The quantitative estimate of drug-likeness (QED) is 0.892. The van der Waals surface area contributed by atoms with Crippen LogP contribution in [-0.4, -0.2) is 33.1 Å². The molecule has 1 N–H and O–H groups in total. The summed E-state index contributed by atoms with van der Waals surface area (Å²) in [5.74, 6) is -0.402. The number of rotatable bonds is 4. The fourth-order valence-electron chi connectivity index (χ4n) is 0.936. The monoisotopic (exact) mass is 252 g/mol. The molecular weight excluding hydrogens is 241 g/mol. The highest BCUT2D eigenvalue weighted by molar-refractivity contribution is 7.99.